The smallest absolute Gasteiger partial charge is 0.414 e. The molecule has 0 saturated carbocycles. The van der Waals surface area contributed by atoms with Gasteiger partial charge in [0.25, 0.3) is 0 Å². The summed E-state index contributed by atoms with van der Waals surface area (Å²) in [6.45, 7) is 3.74. The molecule has 116 valence electrons. The number of hydrogen-bond donors (Lipinski definition) is 0. The molecule has 5 nitrogen and oxygen atoms in total. The standard InChI is InChI=1S/C14H18ClNO4S/c1-3-20-14(17)16(11-7-8-21(18,19)9-11)13-6-4-5-12(15)10(13)2/h4-6,11H,3,7-9H2,1-2H3. The first-order chi connectivity index (χ1) is 9.85. The first-order valence-electron chi connectivity index (χ1n) is 6.77. The molecule has 1 atom stereocenters. The Kier molecular flexibility index (Phi) is 4.78. The Morgan fingerprint density at radius 2 is 2.19 bits per heavy atom. The Labute approximate surface area is 129 Å². The number of nitrogens with zero attached hydrogens (tertiary/aromatic N) is 1. The van der Waals surface area contributed by atoms with E-state index in [9.17, 15) is 13.2 Å². The van der Waals surface area contributed by atoms with Crippen LogP contribution in [0.1, 0.15) is 18.9 Å². The molecule has 0 radical (unpaired) electrons. The van der Waals surface area contributed by atoms with Gasteiger partial charge in [-0.2, -0.15) is 0 Å². The summed E-state index contributed by atoms with van der Waals surface area (Å²) in [5.41, 5.74) is 1.33. The summed E-state index contributed by atoms with van der Waals surface area (Å²) in [5.74, 6) is 0.0466. The highest BCUT2D eigenvalue weighted by Gasteiger charge is 2.37. The van der Waals surface area contributed by atoms with Crippen molar-refractivity contribution in [3.05, 3.63) is 28.8 Å². The fourth-order valence-corrected chi connectivity index (χ4v) is 4.34. The monoisotopic (exact) mass is 331 g/mol. The van der Waals surface area contributed by atoms with Gasteiger partial charge in [0.1, 0.15) is 0 Å². The second-order valence-corrected chi connectivity index (χ2v) is 7.65. The van der Waals surface area contributed by atoms with E-state index in [1.165, 1.54) is 4.90 Å². The molecule has 21 heavy (non-hydrogen) atoms. The van der Waals surface area contributed by atoms with Gasteiger partial charge in [-0.05, 0) is 38.0 Å². The maximum absolute atomic E-state index is 12.3. The van der Waals surface area contributed by atoms with Crippen LogP contribution in [0, 0.1) is 6.92 Å². The molecule has 1 heterocycles. The number of sulfone groups is 1. The lowest BCUT2D eigenvalue weighted by Gasteiger charge is -2.29. The van der Waals surface area contributed by atoms with E-state index >= 15 is 0 Å². The molecule has 1 amide bonds. The fraction of sp³-hybridized carbons (Fsp3) is 0.500. The molecule has 1 saturated heterocycles. The van der Waals surface area contributed by atoms with Gasteiger partial charge in [-0.25, -0.2) is 13.2 Å². The van der Waals surface area contributed by atoms with Crippen LogP contribution in [0.25, 0.3) is 0 Å². The van der Waals surface area contributed by atoms with Gasteiger partial charge >= 0.3 is 6.09 Å². The Balaban J connectivity index is 2.42. The van der Waals surface area contributed by atoms with Crippen molar-refractivity contribution in [2.45, 2.75) is 26.3 Å². The minimum atomic E-state index is -3.10. The van der Waals surface area contributed by atoms with Gasteiger partial charge in [0.05, 0.1) is 29.8 Å². The van der Waals surface area contributed by atoms with Gasteiger partial charge in [0.15, 0.2) is 9.84 Å². The summed E-state index contributed by atoms with van der Waals surface area (Å²) < 4.78 is 28.5. The number of carbonyl (C=O) groups is 1. The number of halogens is 1. The molecular weight excluding hydrogens is 314 g/mol. The van der Waals surface area contributed by atoms with Crippen LogP contribution in [0.4, 0.5) is 10.5 Å². The molecule has 2 rings (SSSR count). The average molecular weight is 332 g/mol. The second kappa shape index (κ2) is 6.23. The zero-order valence-corrected chi connectivity index (χ0v) is 13.6. The molecular formula is C14H18ClNO4S. The van der Waals surface area contributed by atoms with E-state index in [0.29, 0.717) is 17.1 Å². The van der Waals surface area contributed by atoms with E-state index in [1.807, 2.05) is 0 Å². The van der Waals surface area contributed by atoms with E-state index in [1.54, 1.807) is 32.0 Å². The summed E-state index contributed by atoms with van der Waals surface area (Å²) in [7, 11) is -3.10. The van der Waals surface area contributed by atoms with Crippen LogP contribution in [-0.4, -0.2) is 38.7 Å². The van der Waals surface area contributed by atoms with Gasteiger partial charge < -0.3 is 4.74 Å². The van der Waals surface area contributed by atoms with Crippen molar-refractivity contribution >= 4 is 33.2 Å². The van der Waals surface area contributed by atoms with E-state index < -0.39 is 22.0 Å². The van der Waals surface area contributed by atoms with Crippen LogP contribution >= 0.6 is 11.6 Å². The normalized spacial score (nSPS) is 20.2. The van der Waals surface area contributed by atoms with Crippen molar-refractivity contribution in [2.75, 3.05) is 23.0 Å². The van der Waals surface area contributed by atoms with Crippen molar-refractivity contribution < 1.29 is 17.9 Å². The number of carbonyl (C=O) groups excluding carboxylic acids is 1. The van der Waals surface area contributed by atoms with Crippen molar-refractivity contribution in [3.8, 4) is 0 Å². The van der Waals surface area contributed by atoms with Gasteiger partial charge in [-0.3, -0.25) is 4.90 Å². The largest absolute Gasteiger partial charge is 0.449 e. The maximum Gasteiger partial charge on any atom is 0.414 e. The van der Waals surface area contributed by atoms with E-state index in [4.69, 9.17) is 16.3 Å². The Morgan fingerprint density at radius 3 is 2.76 bits per heavy atom. The minimum absolute atomic E-state index is 0.0439. The summed E-state index contributed by atoms with van der Waals surface area (Å²) in [4.78, 5) is 13.7. The number of amides is 1. The quantitative estimate of drug-likeness (QED) is 0.854. The summed E-state index contributed by atoms with van der Waals surface area (Å²) in [6, 6.07) is 4.81. The number of rotatable bonds is 3. The van der Waals surface area contributed by atoms with Crippen LogP contribution in [0.3, 0.4) is 0 Å². The molecule has 1 aromatic rings. The first-order valence-corrected chi connectivity index (χ1v) is 8.97. The SMILES string of the molecule is CCOC(=O)N(c1cccc(Cl)c1C)C1CCS(=O)(=O)C1. The number of anilines is 1. The number of ether oxygens (including phenoxy) is 1. The van der Waals surface area contributed by atoms with Gasteiger partial charge in [-0.15, -0.1) is 0 Å². The fourth-order valence-electron chi connectivity index (χ4n) is 2.47. The van der Waals surface area contributed by atoms with Crippen LogP contribution < -0.4 is 4.90 Å². The Morgan fingerprint density at radius 1 is 1.48 bits per heavy atom. The predicted molar refractivity (Wildman–Crippen MR) is 82.7 cm³/mol. The third-order valence-electron chi connectivity index (χ3n) is 3.54. The maximum atomic E-state index is 12.3. The summed E-state index contributed by atoms with van der Waals surface area (Å²) in [5, 5.41) is 0.530. The lowest BCUT2D eigenvalue weighted by molar-refractivity contribution is 0.157. The topological polar surface area (TPSA) is 63.7 Å². The van der Waals surface area contributed by atoms with Crippen molar-refractivity contribution in [3.63, 3.8) is 0 Å². The lowest BCUT2D eigenvalue weighted by Crippen LogP contribution is -2.42. The molecule has 0 spiro atoms. The number of benzene rings is 1. The third kappa shape index (κ3) is 3.49. The summed E-state index contributed by atoms with van der Waals surface area (Å²) >= 11 is 6.11. The molecule has 7 heteroatoms. The summed E-state index contributed by atoms with van der Waals surface area (Å²) in [6.07, 6.45) is -0.127. The molecule has 0 aliphatic carbocycles. The highest BCUT2D eigenvalue weighted by atomic mass is 35.5. The van der Waals surface area contributed by atoms with Gasteiger partial charge in [-0.1, -0.05) is 17.7 Å². The Bertz CT molecular complexity index is 644. The van der Waals surface area contributed by atoms with Crippen LogP contribution in [0.2, 0.25) is 5.02 Å². The zero-order chi connectivity index (χ0) is 15.6. The molecule has 1 unspecified atom stereocenters. The van der Waals surface area contributed by atoms with Crippen molar-refractivity contribution in [1.82, 2.24) is 0 Å². The third-order valence-corrected chi connectivity index (χ3v) is 5.70. The minimum Gasteiger partial charge on any atom is -0.449 e. The first kappa shape index (κ1) is 16.1. The Hall–Kier alpha value is -1.27. The highest BCUT2D eigenvalue weighted by Crippen LogP contribution is 2.31. The highest BCUT2D eigenvalue weighted by molar-refractivity contribution is 7.91. The second-order valence-electron chi connectivity index (χ2n) is 5.01. The molecule has 1 aromatic carbocycles. The molecule has 0 N–H and O–H groups in total. The van der Waals surface area contributed by atoms with Gasteiger partial charge in [0, 0.05) is 5.02 Å². The molecule has 1 aliphatic heterocycles. The molecule has 0 aromatic heterocycles. The van der Waals surface area contributed by atoms with Gasteiger partial charge in [0.2, 0.25) is 0 Å². The number of hydrogen-bond acceptors (Lipinski definition) is 4. The molecule has 0 bridgehead atoms. The van der Waals surface area contributed by atoms with Crippen molar-refractivity contribution in [1.29, 1.82) is 0 Å². The van der Waals surface area contributed by atoms with E-state index in [0.717, 1.165) is 5.56 Å². The van der Waals surface area contributed by atoms with E-state index in [2.05, 4.69) is 0 Å². The lowest BCUT2D eigenvalue weighted by atomic mass is 10.1. The van der Waals surface area contributed by atoms with E-state index in [-0.39, 0.29) is 18.1 Å². The van der Waals surface area contributed by atoms with Crippen LogP contribution in [0.15, 0.2) is 18.2 Å². The predicted octanol–water partition coefficient (Wildman–Crippen LogP) is 2.80. The average Bonchev–Trinajstić information content (AvgIpc) is 2.75. The van der Waals surface area contributed by atoms with Crippen LogP contribution in [-0.2, 0) is 14.6 Å². The van der Waals surface area contributed by atoms with Crippen molar-refractivity contribution in [2.24, 2.45) is 0 Å². The molecule has 1 fully saturated rings. The zero-order valence-electron chi connectivity index (χ0n) is 12.0. The van der Waals surface area contributed by atoms with Crippen LogP contribution in [0.5, 0.6) is 0 Å². The molecule has 1 aliphatic rings.